The van der Waals surface area contributed by atoms with Gasteiger partial charge in [-0.1, -0.05) is 22.9 Å². The van der Waals surface area contributed by atoms with Gasteiger partial charge < -0.3 is 4.74 Å². The Balaban J connectivity index is 0.000000677. The Labute approximate surface area is 132 Å². The van der Waals surface area contributed by atoms with Crippen LogP contribution < -0.4 is 4.74 Å². The lowest BCUT2D eigenvalue weighted by Crippen LogP contribution is -2.04. The van der Waals surface area contributed by atoms with E-state index in [0.717, 1.165) is 39.5 Å². The van der Waals surface area contributed by atoms with Gasteiger partial charge in [0, 0.05) is 16.6 Å². The second-order valence-corrected chi connectivity index (χ2v) is 5.20. The summed E-state index contributed by atoms with van der Waals surface area (Å²) in [6.45, 7) is 6.24. The molecule has 0 saturated carbocycles. The van der Waals surface area contributed by atoms with Gasteiger partial charge in [-0.15, -0.1) is 0 Å². The summed E-state index contributed by atoms with van der Waals surface area (Å²) in [6, 6.07) is 6.05. The maximum atomic E-state index is 8.12. The van der Waals surface area contributed by atoms with E-state index in [1.165, 1.54) is 0 Å². The van der Waals surface area contributed by atoms with Crippen LogP contribution in [0.25, 0.3) is 5.69 Å². The zero-order valence-corrected chi connectivity index (χ0v) is 14.0. The predicted molar refractivity (Wildman–Crippen MR) is 81.7 cm³/mol. The van der Waals surface area contributed by atoms with Crippen molar-refractivity contribution in [3.63, 3.8) is 0 Å². The monoisotopic (exact) mass is 352 g/mol. The highest BCUT2D eigenvalue weighted by Gasteiger charge is 2.14. The zero-order valence-electron chi connectivity index (χ0n) is 12.4. The normalized spacial score (nSPS) is 9.57. The number of benzene rings is 1. The molecule has 1 heterocycles. The topological polar surface area (TPSA) is 61.2 Å². The van der Waals surface area contributed by atoms with E-state index < -0.39 is 0 Å². The fourth-order valence-electron chi connectivity index (χ4n) is 2.07. The Morgan fingerprint density at radius 2 is 1.95 bits per heavy atom. The van der Waals surface area contributed by atoms with Crippen LogP contribution in [0.2, 0.25) is 0 Å². The molecule has 2 rings (SSSR count). The lowest BCUT2D eigenvalue weighted by Gasteiger charge is -2.14. The number of aryl methyl sites for hydroxylation is 2. The number of ether oxygens (including phenoxy) is 1. The highest BCUT2D eigenvalue weighted by Crippen LogP contribution is 2.29. The highest BCUT2D eigenvalue weighted by atomic mass is 79.9. The molecule has 2 aromatic rings. The fraction of sp³-hybridized carbons (Fsp3) is 0.333. The van der Waals surface area contributed by atoms with Crippen LogP contribution in [0, 0.1) is 13.8 Å². The molecule has 21 heavy (non-hydrogen) atoms. The van der Waals surface area contributed by atoms with E-state index in [2.05, 4.69) is 45.4 Å². The van der Waals surface area contributed by atoms with E-state index in [9.17, 15) is 0 Å². The lowest BCUT2D eigenvalue weighted by molar-refractivity contribution is -0.191. The quantitative estimate of drug-likeness (QED) is 0.850. The number of aromatic nitrogens is 2. The minimum absolute atomic E-state index is 0.250. The summed E-state index contributed by atoms with van der Waals surface area (Å²) >= 11 is 3.46. The van der Waals surface area contributed by atoms with E-state index in [-0.39, 0.29) is 6.15 Å². The molecule has 0 fully saturated rings. The Bertz CT molecular complexity index is 659. The lowest BCUT2D eigenvalue weighted by atomic mass is 10.2. The van der Waals surface area contributed by atoms with Crippen LogP contribution in [0.4, 0.5) is 0 Å². The summed E-state index contributed by atoms with van der Waals surface area (Å²) in [5, 5.41) is 0. The molecule has 1 aromatic carbocycles. The van der Waals surface area contributed by atoms with Gasteiger partial charge in [0.05, 0.1) is 18.5 Å². The van der Waals surface area contributed by atoms with E-state index in [4.69, 9.17) is 14.3 Å². The first-order valence-electron chi connectivity index (χ1n) is 6.38. The molecule has 0 bridgehead atoms. The van der Waals surface area contributed by atoms with Crippen LogP contribution in [-0.4, -0.2) is 22.8 Å². The number of methoxy groups -OCH3 is 1. The molecule has 0 unspecified atom stereocenters. The molecule has 6 heteroatoms. The number of imidazole rings is 1. The number of rotatable bonds is 3. The van der Waals surface area contributed by atoms with Gasteiger partial charge in [0.25, 0.3) is 0 Å². The van der Waals surface area contributed by atoms with Gasteiger partial charge in [-0.3, -0.25) is 4.57 Å². The molecule has 5 nitrogen and oxygen atoms in total. The molecule has 0 aliphatic carbocycles. The van der Waals surface area contributed by atoms with Gasteiger partial charge in [0.1, 0.15) is 11.6 Å². The number of nitrogens with zero attached hydrogens (tertiary/aromatic N) is 2. The molecule has 0 aliphatic heterocycles. The van der Waals surface area contributed by atoms with Gasteiger partial charge in [0.15, 0.2) is 0 Å². The van der Waals surface area contributed by atoms with Gasteiger partial charge >= 0.3 is 6.15 Å². The van der Waals surface area contributed by atoms with Crippen molar-refractivity contribution in [1.82, 2.24) is 9.55 Å². The predicted octanol–water partition coefficient (Wildman–Crippen LogP) is 3.24. The van der Waals surface area contributed by atoms with Crippen LogP contribution in [0.3, 0.4) is 0 Å². The average molecular weight is 353 g/mol. The second kappa shape index (κ2) is 7.76. The van der Waals surface area contributed by atoms with Crippen molar-refractivity contribution in [2.24, 2.45) is 0 Å². The maximum absolute atomic E-state index is 8.12. The molecule has 0 atom stereocenters. The number of hydrogen-bond donors (Lipinski definition) is 0. The van der Waals surface area contributed by atoms with Gasteiger partial charge in [-0.05, 0) is 32.0 Å². The van der Waals surface area contributed by atoms with Crippen molar-refractivity contribution in [2.45, 2.75) is 27.2 Å². The first-order chi connectivity index (χ1) is 9.99. The van der Waals surface area contributed by atoms with Crippen molar-refractivity contribution in [2.75, 3.05) is 7.11 Å². The molecule has 0 spiro atoms. The van der Waals surface area contributed by atoms with E-state index in [1.54, 1.807) is 7.11 Å². The third-order valence-electron chi connectivity index (χ3n) is 3.11. The summed E-state index contributed by atoms with van der Waals surface area (Å²) in [7, 11) is 1.69. The molecule has 0 N–H and O–H groups in total. The Morgan fingerprint density at radius 1 is 1.33 bits per heavy atom. The number of carbonyl (C=O) groups excluding carboxylic acids is 2. The van der Waals surface area contributed by atoms with Gasteiger partial charge in [-0.2, -0.15) is 9.59 Å². The first kappa shape index (κ1) is 17.1. The molecule has 0 saturated heterocycles. The fourth-order valence-corrected chi connectivity index (χ4v) is 2.41. The third kappa shape index (κ3) is 3.80. The van der Waals surface area contributed by atoms with E-state index in [0.29, 0.717) is 0 Å². The van der Waals surface area contributed by atoms with Crippen molar-refractivity contribution < 1.29 is 14.3 Å². The van der Waals surface area contributed by atoms with Crippen LogP contribution in [-0.2, 0) is 16.0 Å². The first-order valence-corrected chi connectivity index (χ1v) is 7.17. The van der Waals surface area contributed by atoms with Crippen molar-refractivity contribution >= 4 is 22.1 Å². The molecule has 112 valence electrons. The number of hydrogen-bond acceptors (Lipinski definition) is 4. The van der Waals surface area contributed by atoms with E-state index >= 15 is 0 Å². The maximum Gasteiger partial charge on any atom is 0.373 e. The molecular weight excluding hydrogens is 336 g/mol. The number of halogens is 1. The van der Waals surface area contributed by atoms with Crippen molar-refractivity contribution in [1.29, 1.82) is 0 Å². The standard InChI is InChI=1S/C14H17BrN2O.CO2/c1-5-14-16-9(2)10(3)17(14)12-7-6-11(15)8-13(12)18-4;2-1-3/h6-8H,5H2,1-4H3;. The van der Waals surface area contributed by atoms with Crippen LogP contribution in [0.1, 0.15) is 24.1 Å². The third-order valence-corrected chi connectivity index (χ3v) is 3.61. The summed E-state index contributed by atoms with van der Waals surface area (Å²) in [4.78, 5) is 20.8. The molecular formula is C15H17BrN2O3. The zero-order chi connectivity index (χ0) is 16.0. The van der Waals surface area contributed by atoms with Crippen LogP contribution in [0.5, 0.6) is 5.75 Å². The summed E-state index contributed by atoms with van der Waals surface area (Å²) in [6.07, 6.45) is 1.15. The molecule has 0 aliphatic rings. The van der Waals surface area contributed by atoms with Crippen molar-refractivity contribution in [3.8, 4) is 11.4 Å². The smallest absolute Gasteiger partial charge is 0.373 e. The minimum Gasteiger partial charge on any atom is -0.495 e. The minimum atomic E-state index is 0.250. The Morgan fingerprint density at radius 3 is 2.48 bits per heavy atom. The van der Waals surface area contributed by atoms with Crippen LogP contribution in [0.15, 0.2) is 22.7 Å². The Hall–Kier alpha value is -1.91. The molecule has 0 radical (unpaired) electrons. The SMILES string of the molecule is CCc1nc(C)c(C)n1-c1ccc(Br)cc1OC.O=C=O. The Kier molecular flexibility index (Phi) is 6.34. The van der Waals surface area contributed by atoms with Crippen LogP contribution >= 0.6 is 15.9 Å². The van der Waals surface area contributed by atoms with Crippen molar-refractivity contribution in [3.05, 3.63) is 39.9 Å². The summed E-state index contributed by atoms with van der Waals surface area (Å²) in [5.41, 5.74) is 3.26. The molecule has 0 amide bonds. The highest BCUT2D eigenvalue weighted by molar-refractivity contribution is 9.10. The molecule has 1 aromatic heterocycles. The largest absolute Gasteiger partial charge is 0.495 e. The second-order valence-electron chi connectivity index (χ2n) is 4.29. The average Bonchev–Trinajstić information content (AvgIpc) is 2.75. The summed E-state index contributed by atoms with van der Waals surface area (Å²) in [5.74, 6) is 1.91. The van der Waals surface area contributed by atoms with Gasteiger partial charge in [-0.25, -0.2) is 4.98 Å². The van der Waals surface area contributed by atoms with E-state index in [1.807, 2.05) is 19.1 Å². The summed E-state index contributed by atoms with van der Waals surface area (Å²) < 4.78 is 8.64. The van der Waals surface area contributed by atoms with Gasteiger partial charge in [0.2, 0.25) is 0 Å².